The first-order valence-electron chi connectivity index (χ1n) is 9.49. The van der Waals surface area contributed by atoms with Crippen LogP contribution in [0.4, 0.5) is 5.69 Å². The maximum atomic E-state index is 12.7. The summed E-state index contributed by atoms with van der Waals surface area (Å²) < 4.78 is 11.6. The molecule has 4 nitrogen and oxygen atoms in total. The maximum Gasteiger partial charge on any atom is 0.255 e. The smallest absolute Gasteiger partial charge is 0.255 e. The molecule has 1 N–H and O–H groups in total. The lowest BCUT2D eigenvalue weighted by atomic mass is 10.1. The molecule has 0 radical (unpaired) electrons. The van der Waals surface area contributed by atoms with Crippen molar-refractivity contribution in [1.82, 2.24) is 0 Å². The Balaban J connectivity index is 1.80. The minimum Gasteiger partial charge on any atom is -0.493 e. The molecular formula is C24H24ClNO3. The molecule has 0 saturated carbocycles. The number of anilines is 1. The first-order chi connectivity index (χ1) is 14.0. The molecule has 0 aromatic heterocycles. The topological polar surface area (TPSA) is 47.6 Å². The average molecular weight is 410 g/mol. The molecule has 0 heterocycles. The van der Waals surface area contributed by atoms with E-state index in [4.69, 9.17) is 21.1 Å². The fourth-order valence-corrected chi connectivity index (χ4v) is 3.02. The summed E-state index contributed by atoms with van der Waals surface area (Å²) in [6.45, 7) is 6.62. The Hall–Kier alpha value is -2.98. The molecule has 0 bridgehead atoms. The highest BCUT2D eigenvalue weighted by Gasteiger charge is 2.13. The summed E-state index contributed by atoms with van der Waals surface area (Å²) >= 11 is 6.08. The van der Waals surface area contributed by atoms with Crippen LogP contribution in [-0.2, 0) is 6.61 Å². The van der Waals surface area contributed by atoms with Gasteiger partial charge in [-0.25, -0.2) is 0 Å². The number of carbonyl (C=O) groups excluding carboxylic acids is 1. The van der Waals surface area contributed by atoms with Crippen molar-refractivity contribution in [2.75, 3.05) is 11.9 Å². The van der Waals surface area contributed by atoms with Crippen LogP contribution >= 0.6 is 11.6 Å². The molecule has 0 aliphatic carbocycles. The predicted octanol–water partition coefficient (Wildman–Crippen LogP) is 6.19. The molecule has 3 aromatic rings. The van der Waals surface area contributed by atoms with E-state index in [2.05, 4.69) is 5.32 Å². The van der Waals surface area contributed by atoms with Gasteiger partial charge in [-0.2, -0.15) is 0 Å². The zero-order valence-corrected chi connectivity index (χ0v) is 17.5. The minimum atomic E-state index is -0.175. The summed E-state index contributed by atoms with van der Waals surface area (Å²) in [4.78, 5) is 12.7. The van der Waals surface area contributed by atoms with Gasteiger partial charge in [0.2, 0.25) is 0 Å². The molecule has 3 aromatic carbocycles. The van der Waals surface area contributed by atoms with E-state index in [1.54, 1.807) is 12.1 Å². The Kier molecular flexibility index (Phi) is 6.78. The zero-order chi connectivity index (χ0) is 20.8. The molecule has 5 heteroatoms. The number of halogens is 1. The van der Waals surface area contributed by atoms with Crippen molar-refractivity contribution in [2.45, 2.75) is 27.4 Å². The van der Waals surface area contributed by atoms with Gasteiger partial charge >= 0.3 is 0 Å². The molecule has 3 rings (SSSR count). The van der Waals surface area contributed by atoms with Gasteiger partial charge in [-0.05, 0) is 74.4 Å². The van der Waals surface area contributed by atoms with Gasteiger partial charge in [0.05, 0.1) is 6.61 Å². The molecule has 0 spiro atoms. The summed E-state index contributed by atoms with van der Waals surface area (Å²) in [5, 5.41) is 3.65. The first kappa shape index (κ1) is 20.7. The van der Waals surface area contributed by atoms with Crippen LogP contribution < -0.4 is 14.8 Å². The number of hydrogen-bond acceptors (Lipinski definition) is 3. The van der Waals surface area contributed by atoms with E-state index in [0.717, 1.165) is 22.4 Å². The largest absolute Gasteiger partial charge is 0.493 e. The van der Waals surface area contributed by atoms with Crippen molar-refractivity contribution in [2.24, 2.45) is 0 Å². The molecule has 0 aliphatic rings. The molecule has 0 unspecified atom stereocenters. The minimum absolute atomic E-state index is 0.175. The third-order valence-electron chi connectivity index (χ3n) is 4.54. The van der Waals surface area contributed by atoms with Crippen LogP contribution in [0.25, 0.3) is 0 Å². The van der Waals surface area contributed by atoms with Crippen molar-refractivity contribution in [3.8, 4) is 11.5 Å². The Morgan fingerprint density at radius 1 is 0.966 bits per heavy atom. The Labute approximate surface area is 176 Å². The third-order valence-corrected chi connectivity index (χ3v) is 4.96. The number of ether oxygens (including phenoxy) is 2. The second-order valence-corrected chi connectivity index (χ2v) is 7.13. The van der Waals surface area contributed by atoms with E-state index >= 15 is 0 Å². The second-order valence-electron chi connectivity index (χ2n) is 6.72. The molecule has 0 saturated heterocycles. The maximum absolute atomic E-state index is 12.7. The fourth-order valence-electron chi connectivity index (χ4n) is 2.91. The van der Waals surface area contributed by atoms with Gasteiger partial charge < -0.3 is 14.8 Å². The number of nitrogens with one attached hydrogen (secondary N) is 1. The van der Waals surface area contributed by atoms with E-state index in [0.29, 0.717) is 28.7 Å². The molecule has 0 fully saturated rings. The normalized spacial score (nSPS) is 10.5. The summed E-state index contributed by atoms with van der Waals surface area (Å²) in [5.41, 5.74) is 4.09. The Morgan fingerprint density at radius 3 is 2.48 bits per heavy atom. The number of carbonyl (C=O) groups is 1. The quantitative estimate of drug-likeness (QED) is 0.506. The van der Waals surface area contributed by atoms with E-state index in [9.17, 15) is 4.79 Å². The Morgan fingerprint density at radius 2 is 1.76 bits per heavy atom. The van der Waals surface area contributed by atoms with E-state index < -0.39 is 0 Å². The third kappa shape index (κ3) is 5.30. The van der Waals surface area contributed by atoms with Gasteiger partial charge in [-0.15, -0.1) is 0 Å². The standard InChI is InChI=1S/C24H24ClNO3/c1-4-28-23-12-9-18(24(27)26-22-8-6-5-7-16(22)2)14-19(23)15-29-20-10-11-21(25)17(3)13-20/h5-14H,4,15H2,1-3H3,(H,26,27). The number of para-hydroxylation sites is 1. The molecule has 1 amide bonds. The van der Waals surface area contributed by atoms with Crippen molar-refractivity contribution in [3.05, 3.63) is 87.9 Å². The van der Waals surface area contributed by atoms with Crippen LogP contribution in [0.1, 0.15) is 34.0 Å². The molecule has 0 atom stereocenters. The number of amides is 1. The van der Waals surface area contributed by atoms with Crippen molar-refractivity contribution in [1.29, 1.82) is 0 Å². The molecule has 150 valence electrons. The summed E-state index contributed by atoms with van der Waals surface area (Å²) in [6, 6.07) is 18.6. The van der Waals surface area contributed by atoms with Gasteiger partial charge in [0.25, 0.3) is 5.91 Å². The molecule has 0 aliphatic heterocycles. The fraction of sp³-hybridized carbons (Fsp3) is 0.208. The summed E-state index contributed by atoms with van der Waals surface area (Å²) in [5.74, 6) is 1.24. The predicted molar refractivity (Wildman–Crippen MR) is 117 cm³/mol. The highest BCUT2D eigenvalue weighted by molar-refractivity contribution is 6.31. The van der Waals surface area contributed by atoms with E-state index in [-0.39, 0.29) is 12.5 Å². The van der Waals surface area contributed by atoms with Crippen LogP contribution in [0.15, 0.2) is 60.7 Å². The lowest BCUT2D eigenvalue weighted by molar-refractivity contribution is 0.102. The SMILES string of the molecule is CCOc1ccc(C(=O)Nc2ccccc2C)cc1COc1ccc(Cl)c(C)c1. The van der Waals surface area contributed by atoms with Gasteiger partial charge in [0.1, 0.15) is 18.1 Å². The lowest BCUT2D eigenvalue weighted by Crippen LogP contribution is -2.13. The van der Waals surface area contributed by atoms with Crippen LogP contribution in [0.3, 0.4) is 0 Å². The van der Waals surface area contributed by atoms with Gasteiger partial charge in [0, 0.05) is 21.8 Å². The van der Waals surface area contributed by atoms with Crippen molar-refractivity contribution < 1.29 is 14.3 Å². The second kappa shape index (κ2) is 9.48. The number of aryl methyl sites for hydroxylation is 2. The van der Waals surface area contributed by atoms with Crippen LogP contribution in [0, 0.1) is 13.8 Å². The highest BCUT2D eigenvalue weighted by atomic mass is 35.5. The van der Waals surface area contributed by atoms with Gasteiger partial charge in [-0.3, -0.25) is 4.79 Å². The summed E-state index contributed by atoms with van der Waals surface area (Å²) in [7, 11) is 0. The van der Waals surface area contributed by atoms with Gasteiger partial charge in [-0.1, -0.05) is 29.8 Å². The first-order valence-corrected chi connectivity index (χ1v) is 9.87. The molecule has 29 heavy (non-hydrogen) atoms. The van der Waals surface area contributed by atoms with Crippen molar-refractivity contribution >= 4 is 23.2 Å². The Bertz CT molecular complexity index is 1020. The lowest BCUT2D eigenvalue weighted by Gasteiger charge is -2.14. The van der Waals surface area contributed by atoms with Crippen LogP contribution in [-0.4, -0.2) is 12.5 Å². The number of benzene rings is 3. The van der Waals surface area contributed by atoms with E-state index in [1.807, 2.05) is 69.3 Å². The molecular weight excluding hydrogens is 386 g/mol. The van der Waals surface area contributed by atoms with Crippen LogP contribution in [0.5, 0.6) is 11.5 Å². The monoisotopic (exact) mass is 409 g/mol. The average Bonchev–Trinajstić information content (AvgIpc) is 2.71. The number of rotatable bonds is 7. The number of hydrogen-bond donors (Lipinski definition) is 1. The van der Waals surface area contributed by atoms with Crippen molar-refractivity contribution in [3.63, 3.8) is 0 Å². The van der Waals surface area contributed by atoms with Gasteiger partial charge in [0.15, 0.2) is 0 Å². The van der Waals surface area contributed by atoms with E-state index in [1.165, 1.54) is 0 Å². The highest BCUT2D eigenvalue weighted by Crippen LogP contribution is 2.26. The zero-order valence-electron chi connectivity index (χ0n) is 16.8. The summed E-state index contributed by atoms with van der Waals surface area (Å²) in [6.07, 6.45) is 0. The van der Waals surface area contributed by atoms with Crippen LogP contribution in [0.2, 0.25) is 5.02 Å².